The maximum absolute atomic E-state index is 13.6. The van der Waals surface area contributed by atoms with Gasteiger partial charge in [0.1, 0.15) is 11.6 Å². The smallest absolute Gasteiger partial charge is 0.319 e. The Morgan fingerprint density at radius 3 is 2.76 bits per heavy atom. The number of carbonyl (C=O) groups excluding carboxylic acids is 1. The molecule has 0 radical (unpaired) electrons. The molecule has 0 saturated carbocycles. The molecular weight excluding hydrogens is 279 g/mol. The Bertz CT molecular complexity index is 480. The number of aliphatic hydroxyl groups is 2. The van der Waals surface area contributed by atoms with Crippen molar-refractivity contribution in [3.8, 4) is 5.75 Å². The van der Waals surface area contributed by atoms with E-state index in [0.717, 1.165) is 6.07 Å². The van der Waals surface area contributed by atoms with Gasteiger partial charge in [0.15, 0.2) is 0 Å². The average Bonchev–Trinajstić information content (AvgIpc) is 2.45. The molecule has 0 aromatic heterocycles. The van der Waals surface area contributed by atoms with Crippen LogP contribution in [0.1, 0.15) is 19.8 Å². The fourth-order valence-electron chi connectivity index (χ4n) is 1.71. The number of amides is 2. The highest BCUT2D eigenvalue weighted by Crippen LogP contribution is 2.20. The van der Waals surface area contributed by atoms with Crippen LogP contribution in [0.3, 0.4) is 0 Å². The molecular formula is C14H21FN2O4. The summed E-state index contributed by atoms with van der Waals surface area (Å²) in [5.41, 5.74) is -1.11. The van der Waals surface area contributed by atoms with Gasteiger partial charge < -0.3 is 25.6 Å². The largest absolute Gasteiger partial charge is 0.497 e. The summed E-state index contributed by atoms with van der Waals surface area (Å²) in [5.74, 6) is -0.262. The molecule has 1 rings (SSSR count). The second-order valence-electron chi connectivity index (χ2n) is 4.98. The van der Waals surface area contributed by atoms with E-state index in [9.17, 15) is 14.3 Å². The van der Waals surface area contributed by atoms with Gasteiger partial charge in [-0.1, -0.05) is 0 Å². The van der Waals surface area contributed by atoms with E-state index in [1.54, 1.807) is 6.92 Å². The molecule has 2 amide bonds. The van der Waals surface area contributed by atoms with Crippen molar-refractivity contribution in [1.29, 1.82) is 0 Å². The zero-order chi connectivity index (χ0) is 15.9. The molecule has 0 heterocycles. The molecule has 4 N–H and O–H groups in total. The number of ether oxygens (including phenoxy) is 1. The predicted octanol–water partition coefficient (Wildman–Crippen LogP) is 1.48. The number of benzene rings is 1. The highest BCUT2D eigenvalue weighted by Gasteiger charge is 2.20. The first-order valence-electron chi connectivity index (χ1n) is 6.59. The topological polar surface area (TPSA) is 90.8 Å². The van der Waals surface area contributed by atoms with Gasteiger partial charge >= 0.3 is 6.03 Å². The quantitative estimate of drug-likeness (QED) is 0.614. The van der Waals surface area contributed by atoms with Crippen molar-refractivity contribution in [3.05, 3.63) is 24.0 Å². The van der Waals surface area contributed by atoms with Crippen LogP contribution in [0.2, 0.25) is 0 Å². The maximum Gasteiger partial charge on any atom is 0.319 e. The van der Waals surface area contributed by atoms with Crippen molar-refractivity contribution >= 4 is 11.7 Å². The number of rotatable bonds is 7. The van der Waals surface area contributed by atoms with Crippen LogP contribution in [0.15, 0.2) is 18.2 Å². The Morgan fingerprint density at radius 2 is 2.19 bits per heavy atom. The summed E-state index contributed by atoms with van der Waals surface area (Å²) >= 11 is 0. The number of nitrogens with one attached hydrogen (secondary N) is 2. The average molecular weight is 300 g/mol. The van der Waals surface area contributed by atoms with Crippen molar-refractivity contribution in [1.82, 2.24) is 5.32 Å². The van der Waals surface area contributed by atoms with Crippen LogP contribution in [0.5, 0.6) is 5.75 Å². The fourth-order valence-corrected chi connectivity index (χ4v) is 1.71. The summed E-state index contributed by atoms with van der Waals surface area (Å²) in [6, 6.07) is 3.45. The number of hydrogen-bond donors (Lipinski definition) is 4. The molecule has 0 aliphatic heterocycles. The Balaban J connectivity index is 2.50. The van der Waals surface area contributed by atoms with Crippen molar-refractivity contribution < 1.29 is 24.1 Å². The number of methoxy groups -OCH3 is 1. The molecule has 6 nitrogen and oxygen atoms in total. The van der Waals surface area contributed by atoms with E-state index in [0.29, 0.717) is 18.6 Å². The van der Waals surface area contributed by atoms with Crippen LogP contribution >= 0.6 is 0 Å². The molecule has 1 atom stereocenters. The van der Waals surface area contributed by atoms with Gasteiger partial charge in [0.25, 0.3) is 0 Å². The minimum Gasteiger partial charge on any atom is -0.497 e. The van der Waals surface area contributed by atoms with E-state index in [2.05, 4.69) is 10.6 Å². The molecule has 0 aliphatic carbocycles. The van der Waals surface area contributed by atoms with Crippen molar-refractivity contribution in [2.45, 2.75) is 25.4 Å². The standard InChI is InChI=1S/C14H21FN2O4/c1-14(20,6-3-7-18)9-16-13(19)17-12-5-4-10(21-2)8-11(12)15/h4-5,8,18,20H,3,6-7,9H2,1-2H3,(H2,16,17,19)/t14-/m1/s1. The summed E-state index contributed by atoms with van der Waals surface area (Å²) in [7, 11) is 1.42. The zero-order valence-electron chi connectivity index (χ0n) is 12.1. The Kier molecular flexibility index (Phi) is 6.39. The van der Waals surface area contributed by atoms with Gasteiger partial charge in [-0.25, -0.2) is 9.18 Å². The Morgan fingerprint density at radius 1 is 1.48 bits per heavy atom. The van der Waals surface area contributed by atoms with Crippen LogP contribution in [-0.2, 0) is 0 Å². The summed E-state index contributed by atoms with van der Waals surface area (Å²) in [6.45, 7) is 1.52. The number of urea groups is 1. The van der Waals surface area contributed by atoms with Crippen LogP contribution in [0.25, 0.3) is 0 Å². The Hall–Kier alpha value is -1.86. The van der Waals surface area contributed by atoms with E-state index < -0.39 is 17.4 Å². The molecule has 0 unspecified atom stereocenters. The second kappa shape index (κ2) is 7.80. The van der Waals surface area contributed by atoms with E-state index in [-0.39, 0.29) is 18.8 Å². The van der Waals surface area contributed by atoms with Crippen LogP contribution < -0.4 is 15.4 Å². The molecule has 0 fully saturated rings. The number of halogens is 1. The summed E-state index contributed by atoms with van der Waals surface area (Å²) in [5, 5.41) is 23.5. The van der Waals surface area contributed by atoms with Crippen molar-refractivity contribution in [2.24, 2.45) is 0 Å². The third kappa shape index (κ3) is 5.97. The first-order valence-corrected chi connectivity index (χ1v) is 6.59. The molecule has 1 aromatic carbocycles. The number of hydrogen-bond acceptors (Lipinski definition) is 4. The number of anilines is 1. The van der Waals surface area contributed by atoms with E-state index >= 15 is 0 Å². The van der Waals surface area contributed by atoms with Gasteiger partial charge in [0, 0.05) is 19.2 Å². The van der Waals surface area contributed by atoms with Gasteiger partial charge in [0.2, 0.25) is 0 Å². The Labute approximate surface area is 122 Å². The first kappa shape index (κ1) is 17.2. The summed E-state index contributed by atoms with van der Waals surface area (Å²) < 4.78 is 18.5. The first-order chi connectivity index (χ1) is 9.88. The summed E-state index contributed by atoms with van der Waals surface area (Å²) in [4.78, 5) is 11.7. The third-order valence-electron chi connectivity index (χ3n) is 2.93. The van der Waals surface area contributed by atoms with Crippen LogP contribution in [0.4, 0.5) is 14.9 Å². The molecule has 1 aromatic rings. The molecule has 0 spiro atoms. The lowest BCUT2D eigenvalue weighted by Crippen LogP contribution is -2.42. The molecule has 118 valence electrons. The van der Waals surface area contributed by atoms with E-state index in [4.69, 9.17) is 9.84 Å². The summed E-state index contributed by atoms with van der Waals surface area (Å²) in [6.07, 6.45) is 0.782. The number of carbonyl (C=O) groups is 1. The van der Waals surface area contributed by atoms with Crippen LogP contribution in [0, 0.1) is 5.82 Å². The fraction of sp³-hybridized carbons (Fsp3) is 0.500. The minimum atomic E-state index is -1.13. The van der Waals surface area contributed by atoms with Gasteiger partial charge in [-0.05, 0) is 31.9 Å². The van der Waals surface area contributed by atoms with Crippen LogP contribution in [-0.4, -0.2) is 42.1 Å². The lowest BCUT2D eigenvalue weighted by Gasteiger charge is -2.23. The van der Waals surface area contributed by atoms with Crippen molar-refractivity contribution in [2.75, 3.05) is 25.6 Å². The SMILES string of the molecule is COc1ccc(NC(=O)NC[C@](C)(O)CCCO)c(F)c1. The minimum absolute atomic E-state index is 0.00337. The predicted molar refractivity (Wildman–Crippen MR) is 76.9 cm³/mol. The lowest BCUT2D eigenvalue weighted by molar-refractivity contribution is 0.0464. The van der Waals surface area contributed by atoms with E-state index in [1.165, 1.54) is 19.2 Å². The molecule has 0 saturated heterocycles. The van der Waals surface area contributed by atoms with Crippen molar-refractivity contribution in [3.63, 3.8) is 0 Å². The molecule has 0 bridgehead atoms. The maximum atomic E-state index is 13.6. The third-order valence-corrected chi connectivity index (χ3v) is 2.93. The molecule has 0 aliphatic rings. The number of aliphatic hydroxyl groups excluding tert-OH is 1. The normalized spacial score (nSPS) is 13.4. The van der Waals surface area contributed by atoms with Gasteiger partial charge in [-0.2, -0.15) is 0 Å². The highest BCUT2D eigenvalue weighted by molar-refractivity contribution is 5.89. The lowest BCUT2D eigenvalue weighted by atomic mass is 10.0. The zero-order valence-corrected chi connectivity index (χ0v) is 12.1. The monoisotopic (exact) mass is 300 g/mol. The second-order valence-corrected chi connectivity index (χ2v) is 4.98. The molecule has 7 heteroatoms. The molecule has 21 heavy (non-hydrogen) atoms. The van der Waals surface area contributed by atoms with Gasteiger partial charge in [-0.15, -0.1) is 0 Å². The highest BCUT2D eigenvalue weighted by atomic mass is 19.1. The van der Waals surface area contributed by atoms with E-state index in [1.807, 2.05) is 0 Å². The van der Waals surface area contributed by atoms with Gasteiger partial charge in [0.05, 0.1) is 18.4 Å². The van der Waals surface area contributed by atoms with Gasteiger partial charge in [-0.3, -0.25) is 0 Å².